The van der Waals surface area contributed by atoms with Crippen LogP contribution in [-0.4, -0.2) is 41.2 Å². The molecule has 0 atom stereocenters. The highest BCUT2D eigenvalue weighted by molar-refractivity contribution is 6.31. The molecule has 6 nitrogen and oxygen atoms in total. The number of anilines is 1. The maximum atomic E-state index is 9.04. The summed E-state index contributed by atoms with van der Waals surface area (Å²) in [4.78, 5) is 8.89. The van der Waals surface area contributed by atoms with E-state index < -0.39 is 0 Å². The molecule has 120 valence electrons. The molecule has 0 bridgehead atoms. The Morgan fingerprint density at radius 2 is 2.00 bits per heavy atom. The lowest BCUT2D eigenvalue weighted by Crippen LogP contribution is -2.46. The van der Waals surface area contributed by atoms with Gasteiger partial charge in [0.25, 0.3) is 0 Å². The third kappa shape index (κ3) is 3.31. The van der Waals surface area contributed by atoms with Gasteiger partial charge in [0, 0.05) is 38.3 Å². The summed E-state index contributed by atoms with van der Waals surface area (Å²) in [5, 5.41) is 13.4. The van der Waals surface area contributed by atoms with E-state index in [4.69, 9.17) is 21.4 Å². The third-order valence-electron chi connectivity index (χ3n) is 4.20. The summed E-state index contributed by atoms with van der Waals surface area (Å²) < 4.78 is 5.22. The van der Waals surface area contributed by atoms with Crippen molar-refractivity contribution in [3.63, 3.8) is 0 Å². The molecule has 2 aromatic rings. The SMILES string of the molecule is Cc1noc(C)c1CN1CCN(c2ccc(Cl)c(C#N)n2)CC1. The Balaban J connectivity index is 1.64. The van der Waals surface area contributed by atoms with E-state index >= 15 is 0 Å². The van der Waals surface area contributed by atoms with Crippen molar-refractivity contribution in [1.82, 2.24) is 15.0 Å². The van der Waals surface area contributed by atoms with E-state index in [0.717, 1.165) is 50.0 Å². The van der Waals surface area contributed by atoms with Crippen LogP contribution in [-0.2, 0) is 6.54 Å². The van der Waals surface area contributed by atoms with Crippen molar-refractivity contribution >= 4 is 17.4 Å². The van der Waals surface area contributed by atoms with E-state index in [2.05, 4.69) is 19.9 Å². The number of rotatable bonds is 3. The second-order valence-corrected chi connectivity index (χ2v) is 6.08. The molecule has 7 heteroatoms. The van der Waals surface area contributed by atoms with Gasteiger partial charge in [-0.25, -0.2) is 4.98 Å². The summed E-state index contributed by atoms with van der Waals surface area (Å²) in [5.74, 6) is 1.70. The smallest absolute Gasteiger partial charge is 0.161 e. The minimum atomic E-state index is 0.280. The number of aryl methyl sites for hydroxylation is 2. The molecule has 1 saturated heterocycles. The molecule has 3 heterocycles. The van der Waals surface area contributed by atoms with Crippen LogP contribution in [0.25, 0.3) is 0 Å². The standard InChI is InChI=1S/C16H18ClN5O/c1-11-13(12(2)23-20-11)10-21-5-7-22(8-6-21)16-4-3-14(17)15(9-18)19-16/h3-4H,5-8,10H2,1-2H3. The number of hydrogen-bond acceptors (Lipinski definition) is 6. The first kappa shape index (κ1) is 15.8. The molecule has 0 aromatic carbocycles. The second kappa shape index (κ2) is 6.57. The van der Waals surface area contributed by atoms with E-state index in [-0.39, 0.29) is 5.69 Å². The van der Waals surface area contributed by atoms with Gasteiger partial charge in [-0.15, -0.1) is 0 Å². The van der Waals surface area contributed by atoms with Crippen LogP contribution in [0.15, 0.2) is 16.7 Å². The summed E-state index contributed by atoms with van der Waals surface area (Å²) in [6.07, 6.45) is 0. The Hall–Kier alpha value is -2.10. The number of hydrogen-bond donors (Lipinski definition) is 0. The van der Waals surface area contributed by atoms with Crippen LogP contribution >= 0.6 is 11.6 Å². The molecule has 3 rings (SSSR count). The number of pyridine rings is 1. The van der Waals surface area contributed by atoms with Crippen LogP contribution in [0, 0.1) is 25.2 Å². The van der Waals surface area contributed by atoms with E-state index in [1.165, 1.54) is 5.56 Å². The number of nitrogens with zero attached hydrogens (tertiary/aromatic N) is 5. The molecule has 23 heavy (non-hydrogen) atoms. The zero-order chi connectivity index (χ0) is 16.4. The molecular formula is C16H18ClN5O. The Morgan fingerprint density at radius 1 is 1.26 bits per heavy atom. The summed E-state index contributed by atoms with van der Waals surface area (Å²) >= 11 is 5.94. The van der Waals surface area contributed by atoms with Crippen molar-refractivity contribution in [3.05, 3.63) is 39.9 Å². The van der Waals surface area contributed by atoms with Gasteiger partial charge in [0.2, 0.25) is 0 Å². The van der Waals surface area contributed by atoms with E-state index in [0.29, 0.717) is 5.02 Å². The van der Waals surface area contributed by atoms with Crippen molar-refractivity contribution in [2.24, 2.45) is 0 Å². The lowest BCUT2D eigenvalue weighted by molar-refractivity contribution is 0.247. The van der Waals surface area contributed by atoms with Crippen LogP contribution in [0.5, 0.6) is 0 Å². The molecule has 0 N–H and O–H groups in total. The molecule has 1 fully saturated rings. The minimum absolute atomic E-state index is 0.280. The highest BCUT2D eigenvalue weighted by atomic mass is 35.5. The first-order chi connectivity index (χ1) is 11.1. The van der Waals surface area contributed by atoms with Crippen LogP contribution in [0.1, 0.15) is 22.7 Å². The minimum Gasteiger partial charge on any atom is -0.361 e. The van der Waals surface area contributed by atoms with Crippen LogP contribution in [0.3, 0.4) is 0 Å². The molecular weight excluding hydrogens is 314 g/mol. The largest absolute Gasteiger partial charge is 0.361 e. The number of nitriles is 1. The van der Waals surface area contributed by atoms with Gasteiger partial charge in [0.05, 0.1) is 10.7 Å². The fraction of sp³-hybridized carbons (Fsp3) is 0.438. The maximum absolute atomic E-state index is 9.04. The molecule has 1 aliphatic heterocycles. The van der Waals surface area contributed by atoms with Crippen LogP contribution < -0.4 is 4.90 Å². The fourth-order valence-corrected chi connectivity index (χ4v) is 2.92. The molecule has 1 aliphatic rings. The molecule has 0 aliphatic carbocycles. The summed E-state index contributed by atoms with van der Waals surface area (Å²) in [7, 11) is 0. The zero-order valence-corrected chi connectivity index (χ0v) is 14.0. The maximum Gasteiger partial charge on any atom is 0.161 e. The Labute approximate surface area is 140 Å². The van der Waals surface area contributed by atoms with Gasteiger partial charge in [-0.2, -0.15) is 5.26 Å². The number of halogens is 1. The van der Waals surface area contributed by atoms with Crippen molar-refractivity contribution in [2.75, 3.05) is 31.1 Å². The number of aromatic nitrogens is 2. The predicted molar refractivity (Wildman–Crippen MR) is 87.4 cm³/mol. The van der Waals surface area contributed by atoms with Crippen molar-refractivity contribution in [3.8, 4) is 6.07 Å². The molecule has 0 spiro atoms. The fourth-order valence-electron chi connectivity index (χ4n) is 2.77. The van der Waals surface area contributed by atoms with E-state index in [1.54, 1.807) is 6.07 Å². The number of piperazine rings is 1. The van der Waals surface area contributed by atoms with Gasteiger partial charge >= 0.3 is 0 Å². The van der Waals surface area contributed by atoms with Crippen molar-refractivity contribution in [1.29, 1.82) is 5.26 Å². The topological polar surface area (TPSA) is 69.2 Å². The van der Waals surface area contributed by atoms with Gasteiger partial charge in [0.1, 0.15) is 17.6 Å². The molecule has 2 aromatic heterocycles. The van der Waals surface area contributed by atoms with Gasteiger partial charge in [-0.05, 0) is 26.0 Å². The Morgan fingerprint density at radius 3 is 2.61 bits per heavy atom. The van der Waals surface area contributed by atoms with Crippen molar-refractivity contribution in [2.45, 2.75) is 20.4 Å². The van der Waals surface area contributed by atoms with Crippen molar-refractivity contribution < 1.29 is 4.52 Å². The molecule has 0 unspecified atom stereocenters. The first-order valence-corrected chi connectivity index (χ1v) is 7.92. The lowest BCUT2D eigenvalue weighted by atomic mass is 10.2. The van der Waals surface area contributed by atoms with Crippen LogP contribution in [0.2, 0.25) is 5.02 Å². The van der Waals surface area contributed by atoms with Gasteiger partial charge in [0.15, 0.2) is 5.69 Å². The quantitative estimate of drug-likeness (QED) is 0.860. The molecule has 0 saturated carbocycles. The normalized spacial score (nSPS) is 15.7. The monoisotopic (exact) mass is 331 g/mol. The summed E-state index contributed by atoms with van der Waals surface area (Å²) in [5.41, 5.74) is 2.42. The first-order valence-electron chi connectivity index (χ1n) is 7.54. The summed E-state index contributed by atoms with van der Waals surface area (Å²) in [6, 6.07) is 5.63. The third-order valence-corrected chi connectivity index (χ3v) is 4.50. The van der Waals surface area contributed by atoms with Crippen LogP contribution in [0.4, 0.5) is 5.82 Å². The van der Waals surface area contributed by atoms with Gasteiger partial charge < -0.3 is 9.42 Å². The lowest BCUT2D eigenvalue weighted by Gasteiger charge is -2.35. The Bertz CT molecular complexity index is 724. The zero-order valence-electron chi connectivity index (χ0n) is 13.2. The molecule has 0 amide bonds. The second-order valence-electron chi connectivity index (χ2n) is 5.68. The average molecular weight is 332 g/mol. The average Bonchev–Trinajstić information content (AvgIpc) is 2.88. The molecule has 0 radical (unpaired) electrons. The highest BCUT2D eigenvalue weighted by Gasteiger charge is 2.21. The summed E-state index contributed by atoms with van der Waals surface area (Å²) in [6.45, 7) is 8.36. The van der Waals surface area contributed by atoms with Gasteiger partial charge in [-0.3, -0.25) is 4.90 Å². The van der Waals surface area contributed by atoms with E-state index in [9.17, 15) is 0 Å². The Kier molecular flexibility index (Phi) is 4.51. The predicted octanol–water partition coefficient (Wildman–Crippen LogP) is 2.53. The highest BCUT2D eigenvalue weighted by Crippen LogP contribution is 2.21. The van der Waals surface area contributed by atoms with Gasteiger partial charge in [-0.1, -0.05) is 16.8 Å². The van der Waals surface area contributed by atoms with E-state index in [1.807, 2.05) is 26.0 Å².